The summed E-state index contributed by atoms with van der Waals surface area (Å²) in [6, 6.07) is 21.6. The Kier molecular flexibility index (Phi) is 16.3. The summed E-state index contributed by atoms with van der Waals surface area (Å²) in [5.74, 6) is -0.518. The van der Waals surface area contributed by atoms with Gasteiger partial charge in [0.15, 0.2) is 0 Å². The van der Waals surface area contributed by atoms with E-state index in [4.69, 9.17) is 11.6 Å². The van der Waals surface area contributed by atoms with Gasteiger partial charge in [-0.2, -0.15) is 18.3 Å². The van der Waals surface area contributed by atoms with Gasteiger partial charge in [0.2, 0.25) is 11.8 Å². The van der Waals surface area contributed by atoms with Gasteiger partial charge in [0.1, 0.15) is 6.54 Å². The molecule has 6 aromatic rings. The number of hydrogen-bond acceptors (Lipinski definition) is 10. The molecule has 15 nitrogen and oxygen atoms in total. The van der Waals surface area contributed by atoms with Gasteiger partial charge in [-0.1, -0.05) is 53.6 Å². The second-order valence-electron chi connectivity index (χ2n) is 17.6. The predicted molar refractivity (Wildman–Crippen MR) is 255 cm³/mol. The minimum atomic E-state index is -4.43. The van der Waals surface area contributed by atoms with Crippen LogP contribution in [-0.2, 0) is 22.7 Å². The molecule has 68 heavy (non-hydrogen) atoms. The molecule has 2 aliphatic rings. The first kappa shape index (κ1) is 49.7. The van der Waals surface area contributed by atoms with Gasteiger partial charge in [-0.3, -0.25) is 28.4 Å². The fourth-order valence-corrected chi connectivity index (χ4v) is 8.45. The van der Waals surface area contributed by atoms with Crippen LogP contribution in [0, 0.1) is 6.92 Å². The molecule has 3 aromatic heterocycles. The average molecular weight is 957 g/mol. The van der Waals surface area contributed by atoms with Crippen LogP contribution in [0.2, 0.25) is 5.02 Å². The summed E-state index contributed by atoms with van der Waals surface area (Å²) in [5.41, 5.74) is 2.19. The van der Waals surface area contributed by atoms with Crippen molar-refractivity contribution in [2.45, 2.75) is 70.3 Å². The van der Waals surface area contributed by atoms with E-state index in [-0.39, 0.29) is 49.1 Å². The van der Waals surface area contributed by atoms with E-state index in [1.54, 1.807) is 41.3 Å². The molecule has 0 radical (unpaired) electrons. The number of aromatic nitrogens is 5. The van der Waals surface area contributed by atoms with Crippen molar-refractivity contribution in [3.8, 4) is 11.3 Å². The van der Waals surface area contributed by atoms with E-state index in [1.807, 2.05) is 18.2 Å². The normalized spacial score (nSPS) is 15.5. The number of aryl methyl sites for hydroxylation is 1. The molecule has 0 saturated carbocycles. The highest BCUT2D eigenvalue weighted by Gasteiger charge is 2.35. The van der Waals surface area contributed by atoms with Gasteiger partial charge in [0.05, 0.1) is 51.8 Å². The van der Waals surface area contributed by atoms with Gasteiger partial charge < -0.3 is 30.4 Å². The predicted octanol–water partition coefficient (Wildman–Crippen LogP) is 6.55. The zero-order valence-electron chi connectivity index (χ0n) is 38.1. The first-order chi connectivity index (χ1) is 32.5. The number of hydrogen-bond donors (Lipinski definition) is 3. The number of halogens is 4. The topological polar surface area (TPSA) is 171 Å². The van der Waals surface area contributed by atoms with E-state index in [0.717, 1.165) is 30.9 Å². The van der Waals surface area contributed by atoms with Crippen molar-refractivity contribution < 1.29 is 32.7 Å². The highest BCUT2D eigenvalue weighted by molar-refractivity contribution is 6.35. The van der Waals surface area contributed by atoms with Gasteiger partial charge in [-0.15, -0.1) is 0 Å². The lowest BCUT2D eigenvalue weighted by Gasteiger charge is -2.38. The van der Waals surface area contributed by atoms with Gasteiger partial charge in [0.25, 0.3) is 11.5 Å². The van der Waals surface area contributed by atoms with Crippen molar-refractivity contribution in [1.82, 2.24) is 44.3 Å². The molecular weight excluding hydrogens is 901 g/mol. The van der Waals surface area contributed by atoms with Crippen LogP contribution >= 0.6 is 11.6 Å². The number of benzene rings is 3. The number of likely N-dealkylation sites (N-methyl/N-ethyl adjacent to an activating group) is 1. The Morgan fingerprint density at radius 2 is 1.62 bits per heavy atom. The third-order valence-corrected chi connectivity index (χ3v) is 12.5. The second-order valence-corrected chi connectivity index (χ2v) is 18.0. The quantitative estimate of drug-likeness (QED) is 0.102. The van der Waals surface area contributed by atoms with Gasteiger partial charge in [-0.05, 0) is 76.1 Å². The number of unbranched alkanes of at least 4 members (excludes halogenated alkanes) is 1. The SMILES string of the molecule is CN1CCN(CCC(=O)Nc2ccc3c(=O)n(CC4(O)CCN(C(=O)CCCCNC(=O)c5ccc6c(Cl)cc(-c7cnn(CC(F)(F)F)c7)nc6c5)CC4)cnc3c2)CC1.Cc1ccccc1. The van der Waals surface area contributed by atoms with Gasteiger partial charge in [-0.25, -0.2) is 9.97 Å². The smallest absolute Gasteiger partial charge is 0.388 e. The fraction of sp³-hybridized carbons (Fsp3) is 0.408. The third kappa shape index (κ3) is 13.7. The minimum Gasteiger partial charge on any atom is -0.388 e. The molecule has 19 heteroatoms. The molecule has 0 spiro atoms. The van der Waals surface area contributed by atoms with E-state index in [9.17, 15) is 37.5 Å². The van der Waals surface area contributed by atoms with E-state index in [0.29, 0.717) is 94.8 Å². The summed E-state index contributed by atoms with van der Waals surface area (Å²) >= 11 is 6.45. The monoisotopic (exact) mass is 956 g/mol. The van der Waals surface area contributed by atoms with Crippen LogP contribution in [0.5, 0.6) is 0 Å². The number of nitrogens with zero attached hydrogens (tertiary/aromatic N) is 8. The Labute approximate surface area is 396 Å². The lowest BCUT2D eigenvalue weighted by Crippen LogP contribution is -2.49. The number of piperidine rings is 1. The lowest BCUT2D eigenvalue weighted by molar-refractivity contribution is -0.142. The van der Waals surface area contributed by atoms with E-state index >= 15 is 0 Å². The molecule has 3 aromatic carbocycles. The standard InChI is InChI=1S/C42H48ClF3N10O5.C7H8/c1-52-16-18-53(19-17-52)13-9-37(57)50-30-6-8-32-35(21-30)48-27-55(40(32)60)25-41(61)10-14-54(15-11-41)38(58)4-2-3-12-47-39(59)28-5-7-31-33(43)22-34(51-36(31)20-28)29-23-49-56(24-29)26-42(44,45)46;1-7-5-3-2-4-6-7/h5-8,20-24,27,61H,2-4,9-19,25-26H2,1H3,(H,47,59)(H,50,57);2-6H,1H3. The number of piperazine rings is 1. The molecule has 3 amide bonds. The zero-order valence-corrected chi connectivity index (χ0v) is 38.9. The Hall–Kier alpha value is -6.21. The zero-order chi connectivity index (χ0) is 48.4. The van der Waals surface area contributed by atoms with Crippen molar-refractivity contribution in [3.63, 3.8) is 0 Å². The average Bonchev–Trinajstić information content (AvgIpc) is 3.77. The van der Waals surface area contributed by atoms with Gasteiger partial charge in [0, 0.05) is 93.6 Å². The number of aliphatic hydroxyl groups is 1. The number of alkyl halides is 3. The molecular formula is C49H56ClF3N10O5. The highest BCUT2D eigenvalue weighted by atomic mass is 35.5. The van der Waals surface area contributed by atoms with Crippen molar-refractivity contribution in [1.29, 1.82) is 0 Å². The Morgan fingerprint density at radius 1 is 0.882 bits per heavy atom. The fourth-order valence-electron chi connectivity index (χ4n) is 8.19. The molecule has 0 unspecified atom stereocenters. The number of amides is 3. The van der Waals surface area contributed by atoms with Crippen molar-refractivity contribution in [2.24, 2.45) is 0 Å². The van der Waals surface area contributed by atoms with E-state index in [1.165, 1.54) is 34.9 Å². The highest BCUT2D eigenvalue weighted by Crippen LogP contribution is 2.30. The van der Waals surface area contributed by atoms with Crippen molar-refractivity contribution in [2.75, 3.05) is 64.7 Å². The molecule has 0 bridgehead atoms. The molecule has 0 aliphatic carbocycles. The number of carbonyl (C=O) groups excluding carboxylic acids is 3. The number of likely N-dealkylation sites (tertiary alicyclic amines) is 1. The Bertz CT molecular complexity index is 2770. The summed E-state index contributed by atoms with van der Waals surface area (Å²) < 4.78 is 40.6. The molecule has 360 valence electrons. The minimum absolute atomic E-state index is 0.0275. The molecule has 0 atom stereocenters. The number of nitrogens with one attached hydrogen (secondary N) is 2. The molecule has 2 saturated heterocycles. The molecule has 3 N–H and O–H groups in total. The molecule has 2 fully saturated rings. The van der Waals surface area contributed by atoms with Crippen LogP contribution in [0.3, 0.4) is 0 Å². The first-order valence-corrected chi connectivity index (χ1v) is 23.1. The summed E-state index contributed by atoms with van der Waals surface area (Å²) in [6.45, 7) is 6.37. The number of anilines is 1. The lowest BCUT2D eigenvalue weighted by atomic mass is 9.91. The maximum absolute atomic E-state index is 13.4. The van der Waals surface area contributed by atoms with Crippen molar-refractivity contribution >= 4 is 56.8 Å². The van der Waals surface area contributed by atoms with Crippen LogP contribution in [0.15, 0.2) is 96.3 Å². The Morgan fingerprint density at radius 3 is 2.32 bits per heavy atom. The van der Waals surface area contributed by atoms with Crippen molar-refractivity contribution in [3.05, 3.63) is 118 Å². The largest absolute Gasteiger partial charge is 0.408 e. The number of rotatable bonds is 14. The summed E-state index contributed by atoms with van der Waals surface area (Å²) in [5, 5.41) is 22.2. The van der Waals surface area contributed by atoms with Crippen LogP contribution in [0.1, 0.15) is 54.4 Å². The van der Waals surface area contributed by atoms with Crippen LogP contribution < -0.4 is 16.2 Å². The first-order valence-electron chi connectivity index (χ1n) is 22.7. The molecule has 8 rings (SSSR count). The van der Waals surface area contributed by atoms with Gasteiger partial charge >= 0.3 is 6.18 Å². The van der Waals surface area contributed by atoms with Crippen LogP contribution in [0.4, 0.5) is 18.9 Å². The summed E-state index contributed by atoms with van der Waals surface area (Å²) in [7, 11) is 2.09. The molecule has 5 heterocycles. The third-order valence-electron chi connectivity index (χ3n) is 12.2. The summed E-state index contributed by atoms with van der Waals surface area (Å²) in [6.07, 6.45) is 1.76. The maximum atomic E-state index is 13.4. The number of pyridine rings is 1. The number of carbonyl (C=O) groups is 3. The second kappa shape index (κ2) is 22.3. The number of fused-ring (bicyclic) bond motifs is 2. The summed E-state index contributed by atoms with van der Waals surface area (Å²) in [4.78, 5) is 67.2. The van der Waals surface area contributed by atoms with Crippen LogP contribution in [0.25, 0.3) is 33.1 Å². The van der Waals surface area contributed by atoms with Crippen LogP contribution in [-0.4, -0.2) is 133 Å². The maximum Gasteiger partial charge on any atom is 0.408 e. The molecule has 2 aliphatic heterocycles. The Balaban J connectivity index is 0.000000896. The van der Waals surface area contributed by atoms with E-state index < -0.39 is 18.3 Å². The van der Waals surface area contributed by atoms with E-state index in [2.05, 4.69) is 61.6 Å².